The van der Waals surface area contributed by atoms with E-state index in [1.54, 1.807) is 0 Å². The first-order valence-electron chi connectivity index (χ1n) is 17.4. The van der Waals surface area contributed by atoms with Crippen molar-refractivity contribution in [1.29, 1.82) is 0 Å². The first kappa shape index (κ1) is 29.8. The zero-order chi connectivity index (χ0) is 34.4. The van der Waals surface area contributed by atoms with Gasteiger partial charge in [0.2, 0.25) is 11.8 Å². The van der Waals surface area contributed by atoms with Gasteiger partial charge < -0.3 is 8.83 Å². The van der Waals surface area contributed by atoms with E-state index in [-0.39, 0.29) is 0 Å². The molecule has 0 aliphatic carbocycles. The molecule has 2 aromatic heterocycles. The average Bonchev–Trinajstić information content (AvgIpc) is 3.86. The van der Waals surface area contributed by atoms with Crippen molar-refractivity contribution in [3.05, 3.63) is 182 Å². The van der Waals surface area contributed by atoms with Crippen molar-refractivity contribution in [1.82, 2.24) is 9.97 Å². The molecule has 0 amide bonds. The van der Waals surface area contributed by atoms with Gasteiger partial charge in [0.1, 0.15) is 11.0 Å². The molecule has 0 saturated carbocycles. The topological polar surface area (TPSA) is 52.1 Å². The molecular weight excluding hydrogens is 637 g/mol. The van der Waals surface area contributed by atoms with E-state index >= 15 is 0 Å². The lowest BCUT2D eigenvalue weighted by Crippen LogP contribution is -1.84. The fourth-order valence-electron chi connectivity index (χ4n) is 7.08. The quantitative estimate of drug-likeness (QED) is 0.177. The normalized spacial score (nSPS) is 11.5. The molecule has 8 aromatic carbocycles. The maximum absolute atomic E-state index is 6.56. The average molecular weight is 667 g/mol. The number of oxazole rings is 2. The second-order valence-electron chi connectivity index (χ2n) is 13.0. The van der Waals surface area contributed by atoms with E-state index < -0.39 is 0 Å². The molecule has 4 nitrogen and oxygen atoms in total. The molecule has 2 heterocycles. The summed E-state index contributed by atoms with van der Waals surface area (Å²) >= 11 is 0. The Labute approximate surface area is 300 Å². The van der Waals surface area contributed by atoms with Crippen molar-refractivity contribution in [2.24, 2.45) is 0 Å². The number of fused-ring (bicyclic) bond motifs is 3. The van der Waals surface area contributed by atoms with Crippen molar-refractivity contribution in [2.45, 2.75) is 0 Å². The molecule has 4 heteroatoms. The Kier molecular flexibility index (Phi) is 7.10. The molecule has 0 fully saturated rings. The molecule has 0 aliphatic rings. The predicted molar refractivity (Wildman–Crippen MR) is 212 cm³/mol. The van der Waals surface area contributed by atoms with Crippen molar-refractivity contribution >= 4 is 33.0 Å². The van der Waals surface area contributed by atoms with E-state index in [0.29, 0.717) is 11.8 Å². The van der Waals surface area contributed by atoms with Crippen LogP contribution < -0.4 is 0 Å². The highest BCUT2D eigenvalue weighted by Crippen LogP contribution is 2.39. The zero-order valence-corrected chi connectivity index (χ0v) is 28.0. The van der Waals surface area contributed by atoms with Crippen LogP contribution in [0.5, 0.6) is 0 Å². The number of aromatic nitrogens is 2. The summed E-state index contributed by atoms with van der Waals surface area (Å²) in [5.41, 5.74) is 13.7. The molecule has 0 aliphatic heterocycles. The smallest absolute Gasteiger partial charge is 0.227 e. The molecule has 52 heavy (non-hydrogen) atoms. The van der Waals surface area contributed by atoms with Gasteiger partial charge in [0.15, 0.2) is 11.2 Å². The van der Waals surface area contributed by atoms with E-state index in [1.807, 2.05) is 24.3 Å². The van der Waals surface area contributed by atoms with Crippen LogP contribution >= 0.6 is 0 Å². The molecule has 0 saturated heterocycles. The number of hydrogen-bond donors (Lipinski definition) is 0. The first-order chi connectivity index (χ1) is 25.7. The summed E-state index contributed by atoms with van der Waals surface area (Å²) in [6, 6.07) is 62.8. The summed E-state index contributed by atoms with van der Waals surface area (Å²) in [4.78, 5) is 10.0. The Bertz CT molecular complexity index is 2680. The fourth-order valence-corrected chi connectivity index (χ4v) is 7.08. The third-order valence-electron chi connectivity index (χ3n) is 9.70. The van der Waals surface area contributed by atoms with Gasteiger partial charge in [-0.05, 0) is 92.7 Å². The molecular formula is C48H30N2O2. The molecule has 10 aromatic rings. The summed E-state index contributed by atoms with van der Waals surface area (Å²) in [6.07, 6.45) is 0. The third kappa shape index (κ3) is 5.34. The van der Waals surface area contributed by atoms with E-state index in [4.69, 9.17) is 18.8 Å². The molecule has 0 N–H and O–H groups in total. The van der Waals surface area contributed by atoms with E-state index in [9.17, 15) is 0 Å². The zero-order valence-electron chi connectivity index (χ0n) is 28.0. The van der Waals surface area contributed by atoms with E-state index in [0.717, 1.165) is 88.6 Å². The van der Waals surface area contributed by atoms with Gasteiger partial charge >= 0.3 is 0 Å². The van der Waals surface area contributed by atoms with Crippen LogP contribution in [0.3, 0.4) is 0 Å². The third-order valence-corrected chi connectivity index (χ3v) is 9.70. The largest absolute Gasteiger partial charge is 0.435 e. The van der Waals surface area contributed by atoms with E-state index in [2.05, 4.69) is 158 Å². The Morgan fingerprint density at radius 1 is 0.288 bits per heavy atom. The van der Waals surface area contributed by atoms with Gasteiger partial charge in [-0.2, -0.15) is 0 Å². The minimum Gasteiger partial charge on any atom is -0.435 e. The highest BCUT2D eigenvalue weighted by atomic mass is 16.4. The lowest BCUT2D eigenvalue weighted by molar-refractivity contribution is 0.620. The lowest BCUT2D eigenvalue weighted by atomic mass is 9.98. The van der Waals surface area contributed by atoms with Gasteiger partial charge in [-0.25, -0.2) is 9.97 Å². The summed E-state index contributed by atoms with van der Waals surface area (Å²) in [5.74, 6) is 1.18. The minimum absolute atomic E-state index is 0.588. The van der Waals surface area contributed by atoms with Crippen molar-refractivity contribution in [3.63, 3.8) is 0 Å². The highest BCUT2D eigenvalue weighted by molar-refractivity contribution is 5.98. The van der Waals surface area contributed by atoms with Crippen LogP contribution in [0.15, 0.2) is 191 Å². The Morgan fingerprint density at radius 2 is 0.654 bits per heavy atom. The van der Waals surface area contributed by atoms with Crippen LogP contribution in [0.25, 0.3) is 100 Å². The van der Waals surface area contributed by atoms with Crippen LogP contribution in [0.2, 0.25) is 0 Å². The lowest BCUT2D eigenvalue weighted by Gasteiger charge is -2.07. The van der Waals surface area contributed by atoms with Crippen molar-refractivity contribution < 1.29 is 8.83 Å². The fraction of sp³-hybridized carbons (Fsp3) is 0. The van der Waals surface area contributed by atoms with Gasteiger partial charge in [0.05, 0.1) is 0 Å². The van der Waals surface area contributed by atoms with Crippen molar-refractivity contribution in [2.75, 3.05) is 0 Å². The predicted octanol–water partition coefficient (Wildman–Crippen LogP) is 13.1. The summed E-state index contributed by atoms with van der Waals surface area (Å²) in [5, 5.41) is 2.15. The second kappa shape index (κ2) is 12.4. The number of nitrogens with zero attached hydrogens (tertiary/aromatic N) is 2. The SMILES string of the molecule is c1ccc(-c2cc(-c3ccccc3)c3oc(-c4ccc5cc(-c6nc7cc(-c8ccccc8)cc(-c8ccccc8)c7o6)ccc5c4)nc3c2)cc1. The minimum atomic E-state index is 0.588. The summed E-state index contributed by atoms with van der Waals surface area (Å²) in [7, 11) is 0. The Hall–Kier alpha value is -7.04. The molecule has 0 spiro atoms. The molecule has 0 unspecified atom stereocenters. The standard InChI is InChI=1S/C48H30N2O2/c1-5-13-31(14-6-1)39-27-41(33-17-9-3-10-18-33)45-43(29-39)49-47(51-45)37-23-21-36-26-38(24-22-35(36)25-37)48-50-44-30-40(32-15-7-2-8-16-32)28-42(46(44)52-48)34-19-11-4-12-20-34/h1-30H. The molecule has 0 radical (unpaired) electrons. The Balaban J connectivity index is 1.04. The number of rotatable bonds is 6. The highest BCUT2D eigenvalue weighted by Gasteiger charge is 2.18. The van der Waals surface area contributed by atoms with Crippen LogP contribution in [-0.2, 0) is 0 Å². The van der Waals surface area contributed by atoms with Crippen molar-refractivity contribution in [3.8, 4) is 67.4 Å². The summed E-state index contributed by atoms with van der Waals surface area (Å²) in [6.45, 7) is 0. The molecule has 244 valence electrons. The molecule has 10 rings (SSSR count). The maximum Gasteiger partial charge on any atom is 0.227 e. The number of benzene rings is 8. The molecule has 0 bridgehead atoms. The van der Waals surface area contributed by atoms with Gasteiger partial charge in [-0.15, -0.1) is 0 Å². The van der Waals surface area contributed by atoms with Crippen LogP contribution in [0.4, 0.5) is 0 Å². The second-order valence-corrected chi connectivity index (χ2v) is 13.0. The maximum atomic E-state index is 6.56. The van der Waals surface area contributed by atoms with Gasteiger partial charge in [0, 0.05) is 22.3 Å². The Morgan fingerprint density at radius 3 is 1.04 bits per heavy atom. The van der Waals surface area contributed by atoms with Crippen LogP contribution in [0, 0.1) is 0 Å². The molecule has 0 atom stereocenters. The van der Waals surface area contributed by atoms with Crippen LogP contribution in [0.1, 0.15) is 0 Å². The van der Waals surface area contributed by atoms with Gasteiger partial charge in [-0.1, -0.05) is 133 Å². The first-order valence-corrected chi connectivity index (χ1v) is 17.4. The van der Waals surface area contributed by atoms with E-state index in [1.165, 1.54) is 0 Å². The van der Waals surface area contributed by atoms with Gasteiger partial charge in [0.25, 0.3) is 0 Å². The summed E-state index contributed by atoms with van der Waals surface area (Å²) < 4.78 is 13.1. The van der Waals surface area contributed by atoms with Gasteiger partial charge in [-0.3, -0.25) is 0 Å². The number of hydrogen-bond acceptors (Lipinski definition) is 4. The van der Waals surface area contributed by atoms with Crippen LogP contribution in [-0.4, -0.2) is 9.97 Å². The monoisotopic (exact) mass is 666 g/mol.